The normalized spacial score (nSPS) is 11.5. The van der Waals surface area contributed by atoms with Gasteiger partial charge in [-0.05, 0) is 46.4 Å². The topological polar surface area (TPSA) is 115 Å². The zero-order valence-electron chi connectivity index (χ0n) is 12.4. The molecule has 2 rings (SSSR count). The van der Waals surface area contributed by atoms with Gasteiger partial charge in [-0.15, -0.1) is 0 Å². The average Bonchev–Trinajstić information content (AvgIpc) is 2.56. The number of nitro groups is 1. The molecule has 8 heteroatoms. The van der Waals surface area contributed by atoms with Gasteiger partial charge in [0.2, 0.25) is 5.91 Å². The molecule has 0 bridgehead atoms. The van der Waals surface area contributed by atoms with E-state index in [9.17, 15) is 19.7 Å². The predicted octanol–water partition coefficient (Wildman–Crippen LogP) is 2.03. The van der Waals surface area contributed by atoms with Gasteiger partial charge in [-0.2, -0.15) is 0 Å². The van der Waals surface area contributed by atoms with Crippen molar-refractivity contribution >= 4 is 40.1 Å². The molecule has 0 saturated heterocycles. The van der Waals surface area contributed by atoms with E-state index in [2.05, 4.69) is 27.9 Å². The second-order valence-corrected chi connectivity index (χ2v) is 6.31. The SMILES string of the molecule is NC(=O)[C@@H](Cc1ccc(I)cc1)NC(=O)c1cccc([N+](=O)[O-])c1. The summed E-state index contributed by atoms with van der Waals surface area (Å²) in [5.74, 6) is -1.26. The van der Waals surface area contributed by atoms with Crippen LogP contribution in [0.5, 0.6) is 0 Å². The number of nitrogens with two attached hydrogens (primary N) is 1. The van der Waals surface area contributed by atoms with Crippen LogP contribution in [0, 0.1) is 13.7 Å². The van der Waals surface area contributed by atoms with E-state index < -0.39 is 22.8 Å². The zero-order chi connectivity index (χ0) is 17.7. The van der Waals surface area contributed by atoms with Gasteiger partial charge in [-0.25, -0.2) is 0 Å². The van der Waals surface area contributed by atoms with Gasteiger partial charge in [0.25, 0.3) is 11.6 Å². The first-order valence-corrected chi connectivity index (χ1v) is 8.04. The molecule has 0 saturated carbocycles. The Hall–Kier alpha value is -2.49. The minimum atomic E-state index is -0.906. The van der Waals surface area contributed by atoms with E-state index in [1.807, 2.05) is 24.3 Å². The maximum absolute atomic E-state index is 12.2. The van der Waals surface area contributed by atoms with Crippen molar-refractivity contribution < 1.29 is 14.5 Å². The molecule has 2 aromatic carbocycles. The van der Waals surface area contributed by atoms with Gasteiger partial charge in [-0.1, -0.05) is 18.2 Å². The van der Waals surface area contributed by atoms with Crippen LogP contribution in [0.3, 0.4) is 0 Å². The number of primary amides is 1. The number of nitrogens with zero attached hydrogens (tertiary/aromatic N) is 1. The Morgan fingerprint density at radius 1 is 1.21 bits per heavy atom. The lowest BCUT2D eigenvalue weighted by Gasteiger charge is -2.15. The number of nitro benzene ring substituents is 1. The highest BCUT2D eigenvalue weighted by Crippen LogP contribution is 2.14. The minimum Gasteiger partial charge on any atom is -0.368 e. The number of amides is 2. The monoisotopic (exact) mass is 439 g/mol. The molecule has 0 radical (unpaired) electrons. The number of non-ortho nitro benzene ring substituents is 1. The number of carbonyl (C=O) groups excluding carboxylic acids is 2. The summed E-state index contributed by atoms with van der Waals surface area (Å²) in [4.78, 5) is 34.0. The fraction of sp³-hybridized carbons (Fsp3) is 0.125. The highest BCUT2D eigenvalue weighted by atomic mass is 127. The Labute approximate surface area is 151 Å². The van der Waals surface area contributed by atoms with Crippen LogP contribution in [0.25, 0.3) is 0 Å². The van der Waals surface area contributed by atoms with Crippen LogP contribution >= 0.6 is 22.6 Å². The Balaban J connectivity index is 2.13. The highest BCUT2D eigenvalue weighted by Gasteiger charge is 2.20. The van der Waals surface area contributed by atoms with Gasteiger partial charge in [0.1, 0.15) is 6.04 Å². The maximum atomic E-state index is 12.2. The molecule has 0 aliphatic carbocycles. The number of hydrogen-bond donors (Lipinski definition) is 2. The van der Waals surface area contributed by atoms with E-state index in [0.717, 1.165) is 15.2 Å². The van der Waals surface area contributed by atoms with Crippen LogP contribution in [-0.2, 0) is 11.2 Å². The molecule has 3 N–H and O–H groups in total. The van der Waals surface area contributed by atoms with E-state index >= 15 is 0 Å². The van der Waals surface area contributed by atoms with Gasteiger partial charge >= 0.3 is 0 Å². The molecule has 2 aromatic rings. The highest BCUT2D eigenvalue weighted by molar-refractivity contribution is 14.1. The molecule has 0 aliphatic heterocycles. The van der Waals surface area contributed by atoms with Crippen molar-refractivity contribution in [2.45, 2.75) is 12.5 Å². The predicted molar refractivity (Wildman–Crippen MR) is 96.4 cm³/mol. The van der Waals surface area contributed by atoms with Crippen LogP contribution in [0.2, 0.25) is 0 Å². The van der Waals surface area contributed by atoms with Crippen molar-refractivity contribution in [1.82, 2.24) is 5.32 Å². The summed E-state index contributed by atoms with van der Waals surface area (Å²) in [5, 5.41) is 13.3. The molecule has 7 nitrogen and oxygen atoms in total. The summed E-state index contributed by atoms with van der Waals surface area (Å²) in [6.45, 7) is 0. The number of nitrogens with one attached hydrogen (secondary N) is 1. The number of rotatable bonds is 6. The lowest BCUT2D eigenvalue weighted by molar-refractivity contribution is -0.384. The Morgan fingerprint density at radius 3 is 2.46 bits per heavy atom. The van der Waals surface area contributed by atoms with Crippen LogP contribution in [0.4, 0.5) is 5.69 Å². The molecule has 0 fully saturated rings. The molecular weight excluding hydrogens is 425 g/mol. The molecule has 0 heterocycles. The van der Waals surface area contributed by atoms with Crippen molar-refractivity contribution in [2.24, 2.45) is 5.73 Å². The van der Waals surface area contributed by atoms with E-state index in [1.54, 1.807) is 0 Å². The lowest BCUT2D eigenvalue weighted by Crippen LogP contribution is -2.45. The van der Waals surface area contributed by atoms with E-state index in [4.69, 9.17) is 5.73 Å². The third kappa shape index (κ3) is 4.75. The number of hydrogen-bond acceptors (Lipinski definition) is 4. The smallest absolute Gasteiger partial charge is 0.270 e. The van der Waals surface area contributed by atoms with Crippen molar-refractivity contribution in [3.8, 4) is 0 Å². The first kappa shape index (κ1) is 17.9. The summed E-state index contributed by atoms with van der Waals surface area (Å²) in [5.41, 5.74) is 6.10. The average molecular weight is 439 g/mol. The lowest BCUT2D eigenvalue weighted by atomic mass is 10.0. The van der Waals surface area contributed by atoms with E-state index in [0.29, 0.717) is 0 Å². The maximum Gasteiger partial charge on any atom is 0.270 e. The fourth-order valence-corrected chi connectivity index (χ4v) is 2.44. The van der Waals surface area contributed by atoms with Crippen molar-refractivity contribution in [1.29, 1.82) is 0 Å². The van der Waals surface area contributed by atoms with Crippen molar-refractivity contribution in [3.63, 3.8) is 0 Å². The Bertz CT molecular complexity index is 777. The molecule has 1 atom stereocenters. The van der Waals surface area contributed by atoms with Crippen molar-refractivity contribution in [2.75, 3.05) is 0 Å². The second-order valence-electron chi connectivity index (χ2n) is 5.07. The molecular formula is C16H14IN3O4. The Morgan fingerprint density at radius 2 is 1.88 bits per heavy atom. The van der Waals surface area contributed by atoms with Crippen LogP contribution in [0.15, 0.2) is 48.5 Å². The number of benzene rings is 2. The van der Waals surface area contributed by atoms with Crippen LogP contribution in [0.1, 0.15) is 15.9 Å². The van der Waals surface area contributed by atoms with Crippen LogP contribution in [-0.4, -0.2) is 22.8 Å². The van der Waals surface area contributed by atoms with E-state index in [1.165, 1.54) is 18.2 Å². The first-order valence-electron chi connectivity index (χ1n) is 6.96. The fourth-order valence-electron chi connectivity index (χ4n) is 2.08. The summed E-state index contributed by atoms with van der Waals surface area (Å²) in [6, 6.07) is 11.8. The number of halogens is 1. The van der Waals surface area contributed by atoms with Gasteiger partial charge in [-0.3, -0.25) is 19.7 Å². The van der Waals surface area contributed by atoms with Gasteiger partial charge in [0.05, 0.1) is 4.92 Å². The third-order valence-corrected chi connectivity index (χ3v) is 4.04. The summed E-state index contributed by atoms with van der Waals surface area (Å²) in [7, 11) is 0. The van der Waals surface area contributed by atoms with Crippen molar-refractivity contribution in [3.05, 3.63) is 73.3 Å². The van der Waals surface area contributed by atoms with Gasteiger partial charge in [0.15, 0.2) is 0 Å². The summed E-state index contributed by atoms with van der Waals surface area (Å²) in [6.07, 6.45) is 0.243. The molecule has 124 valence electrons. The van der Waals surface area contributed by atoms with Crippen LogP contribution < -0.4 is 11.1 Å². The molecule has 0 unspecified atom stereocenters. The quantitative estimate of drug-likeness (QED) is 0.407. The standard InChI is InChI=1S/C16H14IN3O4/c17-12-6-4-10(5-7-12)8-14(15(18)21)19-16(22)11-2-1-3-13(9-11)20(23)24/h1-7,9,14H,8H2,(H2,18,21)(H,19,22)/t14-/m1/s1. The molecule has 0 spiro atoms. The molecule has 0 aliphatic rings. The summed E-state index contributed by atoms with van der Waals surface area (Å²) >= 11 is 2.16. The van der Waals surface area contributed by atoms with E-state index in [-0.39, 0.29) is 17.7 Å². The molecule has 24 heavy (non-hydrogen) atoms. The Kier molecular flexibility index (Phi) is 5.85. The third-order valence-electron chi connectivity index (χ3n) is 3.32. The minimum absolute atomic E-state index is 0.0954. The van der Waals surface area contributed by atoms with Gasteiger partial charge < -0.3 is 11.1 Å². The number of carbonyl (C=O) groups is 2. The summed E-state index contributed by atoms with van der Waals surface area (Å²) < 4.78 is 1.05. The largest absolute Gasteiger partial charge is 0.368 e. The van der Waals surface area contributed by atoms with Gasteiger partial charge in [0, 0.05) is 27.7 Å². The second kappa shape index (κ2) is 7.86. The first-order chi connectivity index (χ1) is 11.4. The zero-order valence-corrected chi connectivity index (χ0v) is 14.6. The molecule has 2 amide bonds. The molecule has 0 aromatic heterocycles.